The Hall–Kier alpha value is -6.29. The molecule has 0 amide bonds. The van der Waals surface area contributed by atoms with Gasteiger partial charge in [0.15, 0.2) is 8.07 Å². The summed E-state index contributed by atoms with van der Waals surface area (Å²) in [4.78, 5) is 2.47. The Bertz CT molecular complexity index is 2740. The summed E-state index contributed by atoms with van der Waals surface area (Å²) < 4.78 is 16.0. The van der Waals surface area contributed by atoms with E-state index in [2.05, 4.69) is 169 Å². The number of para-hydroxylation sites is 2. The van der Waals surface area contributed by atoms with Crippen LogP contribution in [-0.2, 0) is 5.41 Å². The second-order valence-corrected chi connectivity index (χ2v) is 18.1. The Balaban J connectivity index is 1.16. The first-order valence-corrected chi connectivity index (χ1v) is 20.1. The van der Waals surface area contributed by atoms with Gasteiger partial charge >= 0.3 is 0 Å². The minimum atomic E-state index is -2.63. The number of anilines is 3. The van der Waals surface area contributed by atoms with Crippen molar-refractivity contribution in [2.45, 2.75) is 5.41 Å². The van der Waals surface area contributed by atoms with E-state index in [-0.39, 0.29) is 5.82 Å². The smallest absolute Gasteiger partial charge is 0.182 e. The lowest BCUT2D eigenvalue weighted by Gasteiger charge is -2.45. The molecular weight excluding hydrogens is 650 g/mol. The second-order valence-electron chi connectivity index (χ2n) is 14.4. The number of rotatable bonds is 1. The molecule has 1 nitrogen and oxygen atoms in total. The third-order valence-corrected chi connectivity index (χ3v) is 17.3. The van der Waals surface area contributed by atoms with Crippen molar-refractivity contribution in [2.24, 2.45) is 0 Å². The summed E-state index contributed by atoms with van der Waals surface area (Å²) >= 11 is 0. The van der Waals surface area contributed by atoms with Gasteiger partial charge in [-0.1, -0.05) is 152 Å². The molecule has 0 radical (unpaired) electrons. The number of hydrogen-bond donors (Lipinski definition) is 0. The van der Waals surface area contributed by atoms with Gasteiger partial charge in [0.25, 0.3) is 0 Å². The summed E-state index contributed by atoms with van der Waals surface area (Å²) in [5.41, 5.74) is 14.3. The quantitative estimate of drug-likeness (QED) is 0.156. The highest BCUT2D eigenvalue weighted by Crippen LogP contribution is 2.63. The molecule has 242 valence electrons. The van der Waals surface area contributed by atoms with Crippen molar-refractivity contribution < 1.29 is 4.39 Å². The van der Waals surface area contributed by atoms with E-state index in [1.165, 1.54) is 43.0 Å². The molecule has 0 N–H and O–H groups in total. The van der Waals surface area contributed by atoms with Crippen molar-refractivity contribution in [3.8, 4) is 33.4 Å². The van der Waals surface area contributed by atoms with Crippen molar-refractivity contribution in [1.29, 1.82) is 0 Å². The zero-order valence-electron chi connectivity index (χ0n) is 28.1. The van der Waals surface area contributed by atoms with Gasteiger partial charge in [-0.25, -0.2) is 4.39 Å². The second kappa shape index (κ2) is 9.94. The molecular formula is C49H30FNSi. The maximum atomic E-state index is 16.0. The van der Waals surface area contributed by atoms with Crippen molar-refractivity contribution in [1.82, 2.24) is 0 Å². The zero-order chi connectivity index (χ0) is 34.2. The van der Waals surface area contributed by atoms with Crippen LogP contribution in [0.1, 0.15) is 22.3 Å². The molecule has 8 aromatic rings. The molecule has 1 aliphatic carbocycles. The molecule has 0 saturated carbocycles. The molecule has 0 atom stereocenters. The summed E-state index contributed by atoms with van der Waals surface area (Å²) in [5.74, 6) is -0.176. The number of halogens is 1. The molecule has 2 spiro atoms. The van der Waals surface area contributed by atoms with Gasteiger partial charge in [0.1, 0.15) is 5.82 Å². The first kappa shape index (κ1) is 28.4. The molecule has 8 aromatic carbocycles. The van der Waals surface area contributed by atoms with Gasteiger partial charge in [0.05, 0.1) is 16.8 Å². The first-order chi connectivity index (χ1) is 25.7. The van der Waals surface area contributed by atoms with Gasteiger partial charge in [-0.2, -0.15) is 0 Å². The molecule has 0 aromatic heterocycles. The Morgan fingerprint density at radius 1 is 0.385 bits per heavy atom. The van der Waals surface area contributed by atoms with Crippen LogP contribution >= 0.6 is 0 Å². The van der Waals surface area contributed by atoms with Crippen LogP contribution in [0.2, 0.25) is 0 Å². The summed E-state index contributed by atoms with van der Waals surface area (Å²) in [6, 6.07) is 66.2. The van der Waals surface area contributed by atoms with Gasteiger partial charge in [-0.15, -0.1) is 0 Å². The van der Waals surface area contributed by atoms with E-state index < -0.39 is 13.5 Å². The number of benzene rings is 8. The first-order valence-electron chi connectivity index (χ1n) is 18.1. The molecule has 3 heteroatoms. The highest BCUT2D eigenvalue weighted by Gasteiger charge is 2.55. The Morgan fingerprint density at radius 2 is 0.846 bits per heavy atom. The lowest BCUT2D eigenvalue weighted by Crippen LogP contribution is -2.70. The normalized spacial score (nSPS) is 15.3. The molecule has 3 aliphatic heterocycles. The number of hydrogen-bond acceptors (Lipinski definition) is 1. The minimum Gasteiger partial charge on any atom is -0.310 e. The van der Waals surface area contributed by atoms with Crippen LogP contribution in [0, 0.1) is 5.82 Å². The molecule has 4 aliphatic rings. The van der Waals surface area contributed by atoms with Gasteiger partial charge in [0.2, 0.25) is 0 Å². The molecule has 0 fully saturated rings. The standard InChI is InChI=1S/C49H30FNSi/c50-41-22-13-21-40-48(41)36-17-1-5-18-37(36)49(40)38-19-6-8-23-42(38)51(43-24-9-7-20-39(43)49)31-28-29-35-34-16-4-12-27-46(34)52(47(35)30-31)44-25-10-2-14-32(44)33-15-3-11-26-45(33)52/h1-30H. The fourth-order valence-electron chi connectivity index (χ4n) is 10.6. The monoisotopic (exact) mass is 679 g/mol. The average Bonchev–Trinajstić information content (AvgIpc) is 3.79. The molecule has 0 bridgehead atoms. The predicted molar refractivity (Wildman–Crippen MR) is 214 cm³/mol. The van der Waals surface area contributed by atoms with Crippen LogP contribution in [0.4, 0.5) is 21.5 Å². The van der Waals surface area contributed by atoms with E-state index in [0.29, 0.717) is 5.56 Å². The lowest BCUT2D eigenvalue weighted by molar-refractivity contribution is 0.628. The number of fused-ring (bicyclic) bond motifs is 19. The topological polar surface area (TPSA) is 3.24 Å². The molecule has 52 heavy (non-hydrogen) atoms. The van der Waals surface area contributed by atoms with Crippen molar-refractivity contribution in [2.75, 3.05) is 4.90 Å². The van der Waals surface area contributed by atoms with Crippen molar-refractivity contribution in [3.05, 3.63) is 210 Å². The molecule has 3 heterocycles. The summed E-state index contributed by atoms with van der Waals surface area (Å²) in [6.07, 6.45) is 0. The average molecular weight is 680 g/mol. The van der Waals surface area contributed by atoms with Gasteiger partial charge in [-0.05, 0) is 101 Å². The van der Waals surface area contributed by atoms with Crippen molar-refractivity contribution in [3.63, 3.8) is 0 Å². The van der Waals surface area contributed by atoms with E-state index in [1.807, 2.05) is 12.1 Å². The molecule has 0 saturated heterocycles. The van der Waals surface area contributed by atoms with E-state index in [1.54, 1.807) is 6.07 Å². The third-order valence-electron chi connectivity index (χ3n) is 12.4. The molecule has 0 unspecified atom stereocenters. The van der Waals surface area contributed by atoms with Gasteiger partial charge in [0, 0.05) is 11.3 Å². The fraction of sp³-hybridized carbons (Fsp3) is 0.0204. The highest BCUT2D eigenvalue weighted by molar-refractivity contribution is 7.24. The maximum Gasteiger partial charge on any atom is 0.182 e. The van der Waals surface area contributed by atoms with E-state index in [4.69, 9.17) is 0 Å². The van der Waals surface area contributed by atoms with Gasteiger partial charge in [-0.3, -0.25) is 0 Å². The summed E-state index contributed by atoms with van der Waals surface area (Å²) in [7, 11) is -2.63. The molecule has 12 rings (SSSR count). The van der Waals surface area contributed by atoms with Crippen LogP contribution in [0.3, 0.4) is 0 Å². The van der Waals surface area contributed by atoms with E-state index in [0.717, 1.165) is 44.9 Å². The van der Waals surface area contributed by atoms with Crippen LogP contribution in [0.15, 0.2) is 182 Å². The summed E-state index contributed by atoms with van der Waals surface area (Å²) in [6.45, 7) is 0. The van der Waals surface area contributed by atoms with Crippen LogP contribution in [0.25, 0.3) is 33.4 Å². The zero-order valence-corrected chi connectivity index (χ0v) is 29.1. The van der Waals surface area contributed by atoms with Gasteiger partial charge < -0.3 is 4.90 Å². The Morgan fingerprint density at radius 3 is 1.44 bits per heavy atom. The Labute approximate surface area is 302 Å². The van der Waals surface area contributed by atoms with Crippen molar-refractivity contribution >= 4 is 45.9 Å². The number of nitrogens with zero attached hydrogens (tertiary/aromatic N) is 1. The highest BCUT2D eigenvalue weighted by atomic mass is 28.3. The van der Waals surface area contributed by atoms with E-state index in [9.17, 15) is 0 Å². The maximum absolute atomic E-state index is 16.0. The fourth-order valence-corrected chi connectivity index (χ4v) is 16.2. The van der Waals surface area contributed by atoms with E-state index >= 15 is 4.39 Å². The summed E-state index contributed by atoms with van der Waals surface area (Å²) in [5, 5.41) is 5.86. The SMILES string of the molecule is Fc1cccc2c1-c1ccccc1C21c2ccccc2N(c2ccc3c(c2)[Si]2(c4ccccc4-c4ccccc42)c2ccccc2-3)c2ccccc21. The minimum absolute atomic E-state index is 0.176. The predicted octanol–water partition coefficient (Wildman–Crippen LogP) is 9.31. The Kier molecular flexibility index (Phi) is 5.43. The largest absolute Gasteiger partial charge is 0.310 e. The van der Waals surface area contributed by atoms with Crippen LogP contribution < -0.4 is 25.6 Å². The lowest BCUT2D eigenvalue weighted by atomic mass is 9.64. The van der Waals surface area contributed by atoms with Crippen LogP contribution in [0.5, 0.6) is 0 Å². The third kappa shape index (κ3) is 3.16. The van der Waals surface area contributed by atoms with Crippen LogP contribution in [-0.4, -0.2) is 8.07 Å².